The number of rotatable bonds is 5. The van der Waals surface area contributed by atoms with Crippen molar-refractivity contribution in [3.8, 4) is 11.6 Å². The Bertz CT molecular complexity index is 638. The SMILES string of the molecule is CCc1nc(C)ccc1Oc1nc(C)cc(C)c1CNC. The second-order valence-corrected chi connectivity index (χ2v) is 5.25. The van der Waals surface area contributed by atoms with Crippen LogP contribution < -0.4 is 10.1 Å². The minimum atomic E-state index is 0.669. The van der Waals surface area contributed by atoms with Crippen LogP contribution in [0, 0.1) is 20.8 Å². The summed E-state index contributed by atoms with van der Waals surface area (Å²) in [5, 5.41) is 3.17. The first-order valence-electron chi connectivity index (χ1n) is 7.31. The van der Waals surface area contributed by atoms with Crippen LogP contribution in [0.3, 0.4) is 0 Å². The Balaban J connectivity index is 2.43. The monoisotopic (exact) mass is 285 g/mol. The molecule has 0 bridgehead atoms. The number of hydrogen-bond acceptors (Lipinski definition) is 4. The van der Waals surface area contributed by atoms with E-state index in [1.54, 1.807) is 0 Å². The second kappa shape index (κ2) is 6.68. The van der Waals surface area contributed by atoms with Crippen LogP contribution in [0.4, 0.5) is 0 Å². The molecule has 2 rings (SSSR count). The van der Waals surface area contributed by atoms with Crippen molar-refractivity contribution in [3.05, 3.63) is 46.4 Å². The average molecular weight is 285 g/mol. The number of nitrogens with one attached hydrogen (secondary N) is 1. The molecule has 0 aliphatic carbocycles. The Morgan fingerprint density at radius 2 is 1.86 bits per heavy atom. The van der Waals surface area contributed by atoms with Gasteiger partial charge in [0.05, 0.1) is 5.69 Å². The van der Waals surface area contributed by atoms with Gasteiger partial charge in [0.2, 0.25) is 5.88 Å². The van der Waals surface area contributed by atoms with Gasteiger partial charge < -0.3 is 10.1 Å². The third-order valence-electron chi connectivity index (χ3n) is 3.40. The number of ether oxygens (including phenoxy) is 1. The lowest BCUT2D eigenvalue weighted by Gasteiger charge is -2.15. The zero-order chi connectivity index (χ0) is 15.4. The van der Waals surface area contributed by atoms with Crippen LogP contribution in [0.2, 0.25) is 0 Å². The third kappa shape index (κ3) is 3.58. The number of hydrogen-bond donors (Lipinski definition) is 1. The fourth-order valence-corrected chi connectivity index (χ4v) is 2.35. The van der Waals surface area contributed by atoms with E-state index in [1.165, 1.54) is 5.56 Å². The first kappa shape index (κ1) is 15.4. The Kier molecular flexibility index (Phi) is 4.91. The van der Waals surface area contributed by atoms with Gasteiger partial charge in [-0.05, 0) is 58.0 Å². The smallest absolute Gasteiger partial charge is 0.224 e. The molecule has 0 spiro atoms. The van der Waals surface area contributed by atoms with Crippen molar-refractivity contribution in [1.82, 2.24) is 15.3 Å². The van der Waals surface area contributed by atoms with E-state index in [1.807, 2.05) is 33.0 Å². The zero-order valence-electron chi connectivity index (χ0n) is 13.4. The number of aryl methyl sites for hydroxylation is 4. The quantitative estimate of drug-likeness (QED) is 0.913. The molecule has 0 unspecified atom stereocenters. The molecule has 112 valence electrons. The number of pyridine rings is 2. The Hall–Kier alpha value is -1.94. The molecule has 0 aromatic carbocycles. The fourth-order valence-electron chi connectivity index (χ4n) is 2.35. The largest absolute Gasteiger partial charge is 0.437 e. The summed E-state index contributed by atoms with van der Waals surface area (Å²) >= 11 is 0. The predicted octanol–water partition coefficient (Wildman–Crippen LogP) is 3.48. The molecule has 0 amide bonds. The van der Waals surface area contributed by atoms with E-state index >= 15 is 0 Å². The number of nitrogens with zero attached hydrogens (tertiary/aromatic N) is 2. The van der Waals surface area contributed by atoms with Gasteiger partial charge in [-0.1, -0.05) is 6.92 Å². The molecule has 21 heavy (non-hydrogen) atoms. The minimum Gasteiger partial charge on any atom is -0.437 e. The molecule has 0 atom stereocenters. The first-order valence-corrected chi connectivity index (χ1v) is 7.31. The Morgan fingerprint density at radius 3 is 2.52 bits per heavy atom. The van der Waals surface area contributed by atoms with Gasteiger partial charge in [0.1, 0.15) is 0 Å². The summed E-state index contributed by atoms with van der Waals surface area (Å²) in [5.41, 5.74) is 5.20. The van der Waals surface area contributed by atoms with Crippen LogP contribution in [-0.4, -0.2) is 17.0 Å². The van der Waals surface area contributed by atoms with Crippen LogP contribution in [0.15, 0.2) is 18.2 Å². The summed E-state index contributed by atoms with van der Waals surface area (Å²) in [6.07, 6.45) is 0.836. The van der Waals surface area contributed by atoms with E-state index in [0.29, 0.717) is 5.88 Å². The van der Waals surface area contributed by atoms with E-state index in [0.717, 1.165) is 41.4 Å². The summed E-state index contributed by atoms with van der Waals surface area (Å²) in [7, 11) is 1.92. The molecule has 0 fully saturated rings. The molecule has 0 aliphatic heterocycles. The highest BCUT2D eigenvalue weighted by atomic mass is 16.5. The highest BCUT2D eigenvalue weighted by Gasteiger charge is 2.13. The maximum absolute atomic E-state index is 6.09. The molecule has 0 saturated carbocycles. The standard InChI is InChI=1S/C17H23N3O/c1-6-15-16(8-7-12(3)19-15)21-17-14(10-18-5)11(2)9-13(4)20-17/h7-9,18H,6,10H2,1-5H3. The molecular formula is C17H23N3O. The summed E-state index contributed by atoms with van der Waals surface area (Å²) in [5.74, 6) is 1.46. The average Bonchev–Trinajstić information content (AvgIpc) is 2.44. The Morgan fingerprint density at radius 1 is 1.10 bits per heavy atom. The van der Waals surface area contributed by atoms with Gasteiger partial charge in [-0.2, -0.15) is 0 Å². The van der Waals surface area contributed by atoms with Gasteiger partial charge in [-0.3, -0.25) is 4.98 Å². The van der Waals surface area contributed by atoms with Crippen LogP contribution in [-0.2, 0) is 13.0 Å². The normalized spacial score (nSPS) is 10.7. The maximum Gasteiger partial charge on any atom is 0.224 e. The molecular weight excluding hydrogens is 262 g/mol. The van der Waals surface area contributed by atoms with Crippen LogP contribution in [0.1, 0.15) is 35.1 Å². The highest BCUT2D eigenvalue weighted by molar-refractivity contribution is 5.40. The van der Waals surface area contributed by atoms with Crippen LogP contribution in [0.25, 0.3) is 0 Å². The molecule has 0 radical (unpaired) electrons. The second-order valence-electron chi connectivity index (χ2n) is 5.25. The fraction of sp³-hybridized carbons (Fsp3) is 0.412. The summed E-state index contributed by atoms with van der Waals surface area (Å²) in [4.78, 5) is 9.10. The van der Waals surface area contributed by atoms with Crippen molar-refractivity contribution in [3.63, 3.8) is 0 Å². The van der Waals surface area contributed by atoms with Gasteiger partial charge in [0, 0.05) is 23.5 Å². The van der Waals surface area contributed by atoms with Gasteiger partial charge >= 0.3 is 0 Å². The van der Waals surface area contributed by atoms with E-state index < -0.39 is 0 Å². The van der Waals surface area contributed by atoms with Crippen molar-refractivity contribution in [2.45, 2.75) is 40.7 Å². The predicted molar refractivity (Wildman–Crippen MR) is 84.9 cm³/mol. The summed E-state index contributed by atoms with van der Waals surface area (Å²) < 4.78 is 6.09. The molecule has 4 heteroatoms. The summed E-state index contributed by atoms with van der Waals surface area (Å²) in [6.45, 7) is 8.87. The molecule has 4 nitrogen and oxygen atoms in total. The third-order valence-corrected chi connectivity index (χ3v) is 3.40. The lowest BCUT2D eigenvalue weighted by molar-refractivity contribution is 0.444. The molecule has 2 aromatic rings. The molecule has 0 saturated heterocycles. The van der Waals surface area contributed by atoms with E-state index in [4.69, 9.17) is 4.74 Å². The maximum atomic E-state index is 6.09. The first-order chi connectivity index (χ1) is 10.0. The lowest BCUT2D eigenvalue weighted by atomic mass is 10.1. The lowest BCUT2D eigenvalue weighted by Crippen LogP contribution is -2.10. The van der Waals surface area contributed by atoms with Crippen molar-refractivity contribution in [2.75, 3.05) is 7.05 Å². The van der Waals surface area contributed by atoms with Gasteiger partial charge in [-0.15, -0.1) is 0 Å². The molecule has 0 aliphatic rings. The molecule has 2 aromatic heterocycles. The van der Waals surface area contributed by atoms with Crippen molar-refractivity contribution in [1.29, 1.82) is 0 Å². The van der Waals surface area contributed by atoms with Crippen molar-refractivity contribution < 1.29 is 4.74 Å². The van der Waals surface area contributed by atoms with Gasteiger partial charge in [-0.25, -0.2) is 4.98 Å². The zero-order valence-corrected chi connectivity index (χ0v) is 13.4. The van der Waals surface area contributed by atoms with Crippen molar-refractivity contribution in [2.24, 2.45) is 0 Å². The highest BCUT2D eigenvalue weighted by Crippen LogP contribution is 2.28. The van der Waals surface area contributed by atoms with E-state index in [9.17, 15) is 0 Å². The van der Waals surface area contributed by atoms with Gasteiger partial charge in [0.15, 0.2) is 5.75 Å². The minimum absolute atomic E-state index is 0.669. The van der Waals surface area contributed by atoms with Crippen LogP contribution >= 0.6 is 0 Å². The van der Waals surface area contributed by atoms with Crippen LogP contribution in [0.5, 0.6) is 11.6 Å². The van der Waals surface area contributed by atoms with E-state index in [-0.39, 0.29) is 0 Å². The Labute approximate surface area is 126 Å². The van der Waals surface area contributed by atoms with Gasteiger partial charge in [0.25, 0.3) is 0 Å². The van der Waals surface area contributed by atoms with Crippen molar-refractivity contribution >= 4 is 0 Å². The summed E-state index contributed by atoms with van der Waals surface area (Å²) in [6, 6.07) is 6.02. The van der Waals surface area contributed by atoms with E-state index in [2.05, 4.69) is 35.2 Å². The molecule has 1 N–H and O–H groups in total. The molecule has 2 heterocycles. The topological polar surface area (TPSA) is 47.0 Å². The number of aromatic nitrogens is 2.